The van der Waals surface area contributed by atoms with E-state index in [1.54, 1.807) is 12.1 Å². The number of benzene rings is 2. The van der Waals surface area contributed by atoms with Crippen molar-refractivity contribution in [2.75, 3.05) is 0 Å². The highest BCUT2D eigenvalue weighted by atomic mass is 127. The molecule has 2 rings (SSSR count). The van der Waals surface area contributed by atoms with Gasteiger partial charge in [-0.25, -0.2) is 9.59 Å². The molecule has 0 bridgehead atoms. The van der Waals surface area contributed by atoms with Crippen molar-refractivity contribution in [1.82, 2.24) is 0 Å². The summed E-state index contributed by atoms with van der Waals surface area (Å²) >= 11 is 3.83. The predicted octanol–water partition coefficient (Wildman–Crippen LogP) is 3.77. The molecule has 15 heteroatoms. The summed E-state index contributed by atoms with van der Waals surface area (Å²) in [4.78, 5) is 23.7. The summed E-state index contributed by atoms with van der Waals surface area (Å²) < 4.78 is 92.8. The predicted molar refractivity (Wildman–Crippen MR) is 120 cm³/mol. The molecule has 0 radical (unpaired) electrons. The zero-order valence-electron chi connectivity index (χ0n) is 15.9. The third-order valence-electron chi connectivity index (χ3n) is 3.94. The van der Waals surface area contributed by atoms with E-state index in [0.29, 0.717) is 12.7 Å². The van der Waals surface area contributed by atoms with Gasteiger partial charge in [0, 0.05) is 0 Å². The minimum Gasteiger partial charge on any atom is -0.456 e. The highest BCUT2D eigenvalue weighted by molar-refractivity contribution is 14.1. The maximum absolute atomic E-state index is 13.4. The number of aliphatic hydroxyl groups is 1. The van der Waals surface area contributed by atoms with Gasteiger partial charge in [0.2, 0.25) is 0 Å². The number of alkyl halides is 4. The van der Waals surface area contributed by atoms with Crippen LogP contribution in [0.4, 0.5) is 17.6 Å². The number of esters is 2. The number of rotatable bonds is 8. The third-order valence-corrected chi connectivity index (χ3v) is 6.45. The van der Waals surface area contributed by atoms with Gasteiger partial charge in [0.1, 0.15) is 6.61 Å². The van der Waals surface area contributed by atoms with Crippen LogP contribution in [-0.4, -0.2) is 41.2 Å². The van der Waals surface area contributed by atoms with Crippen LogP contribution >= 0.6 is 45.2 Å². The lowest BCUT2D eigenvalue weighted by atomic mass is 10.1. The van der Waals surface area contributed by atoms with Gasteiger partial charge in [-0.05, 0) is 80.6 Å². The number of ether oxygens (including phenoxy) is 2. The summed E-state index contributed by atoms with van der Waals surface area (Å²) in [5.74, 6) is -9.25. The summed E-state index contributed by atoms with van der Waals surface area (Å²) in [6.45, 7) is -1.16. The lowest BCUT2D eigenvalue weighted by molar-refractivity contribution is -0.206. The standard InChI is InChI=1S/C18H12F4I2O8S/c19-17(20,18(21,22)33(28,29)30)16(27)31-8-9-1-3-11(4-2-9)15(26)32-14-12(23)5-10(7-25)6-13(14)24/h1-6,25H,7-8H2,(H,28,29,30). The molecule has 0 aliphatic carbocycles. The summed E-state index contributed by atoms with van der Waals surface area (Å²) in [5.41, 5.74) is 0.635. The van der Waals surface area contributed by atoms with Gasteiger partial charge in [0.15, 0.2) is 5.75 Å². The van der Waals surface area contributed by atoms with Crippen molar-refractivity contribution >= 4 is 67.2 Å². The third kappa shape index (κ3) is 6.11. The molecule has 2 N–H and O–H groups in total. The molecule has 0 amide bonds. The first-order valence-electron chi connectivity index (χ1n) is 8.41. The van der Waals surface area contributed by atoms with Crippen molar-refractivity contribution in [1.29, 1.82) is 0 Å². The number of halogens is 6. The van der Waals surface area contributed by atoms with E-state index in [1.165, 1.54) is 12.1 Å². The number of aliphatic hydroxyl groups excluding tert-OH is 1. The lowest BCUT2D eigenvalue weighted by Gasteiger charge is -2.21. The largest absolute Gasteiger partial charge is 0.456 e. The maximum Gasteiger partial charge on any atom is 0.443 e. The average Bonchev–Trinajstić information content (AvgIpc) is 2.73. The summed E-state index contributed by atoms with van der Waals surface area (Å²) in [6, 6.07) is 7.94. The van der Waals surface area contributed by atoms with Gasteiger partial charge < -0.3 is 14.6 Å². The molecule has 2 aromatic rings. The lowest BCUT2D eigenvalue weighted by Crippen LogP contribution is -2.52. The van der Waals surface area contributed by atoms with E-state index in [2.05, 4.69) is 4.74 Å². The molecule has 180 valence electrons. The summed E-state index contributed by atoms with van der Waals surface area (Å²) in [5, 5.41) is 3.11. The Morgan fingerprint density at radius 1 is 0.970 bits per heavy atom. The zero-order valence-corrected chi connectivity index (χ0v) is 21.0. The molecule has 0 unspecified atom stereocenters. The maximum atomic E-state index is 13.4. The number of hydrogen-bond donors (Lipinski definition) is 2. The first-order chi connectivity index (χ1) is 15.1. The molecule has 0 atom stereocenters. The fraction of sp³-hybridized carbons (Fsp3) is 0.222. The molecule has 0 spiro atoms. The molecule has 0 heterocycles. The van der Waals surface area contributed by atoms with Crippen LogP contribution < -0.4 is 4.74 Å². The van der Waals surface area contributed by atoms with Crippen LogP contribution in [0.3, 0.4) is 0 Å². The zero-order chi connectivity index (χ0) is 25.2. The van der Waals surface area contributed by atoms with E-state index >= 15 is 0 Å². The van der Waals surface area contributed by atoms with E-state index < -0.39 is 39.8 Å². The summed E-state index contributed by atoms with van der Waals surface area (Å²) in [6.07, 6.45) is 0. The van der Waals surface area contributed by atoms with Crippen molar-refractivity contribution in [2.24, 2.45) is 0 Å². The van der Waals surface area contributed by atoms with Crippen LogP contribution in [0, 0.1) is 7.14 Å². The molecule has 0 saturated heterocycles. The fourth-order valence-electron chi connectivity index (χ4n) is 2.21. The minimum absolute atomic E-state index is 0.00216. The normalized spacial score (nSPS) is 12.4. The Labute approximate surface area is 211 Å². The second-order valence-electron chi connectivity index (χ2n) is 6.28. The topological polar surface area (TPSA) is 127 Å². The quantitative estimate of drug-likeness (QED) is 0.139. The Morgan fingerprint density at radius 2 is 1.48 bits per heavy atom. The van der Waals surface area contributed by atoms with E-state index in [4.69, 9.17) is 9.29 Å². The van der Waals surface area contributed by atoms with Crippen LogP contribution in [0.15, 0.2) is 36.4 Å². The molecule has 33 heavy (non-hydrogen) atoms. The van der Waals surface area contributed by atoms with Gasteiger partial charge in [0.25, 0.3) is 0 Å². The molecule has 0 fully saturated rings. The van der Waals surface area contributed by atoms with Crippen LogP contribution in [0.25, 0.3) is 0 Å². The number of carbonyl (C=O) groups excluding carboxylic acids is 2. The van der Waals surface area contributed by atoms with Crippen LogP contribution in [0.5, 0.6) is 5.75 Å². The first kappa shape index (κ1) is 27.7. The van der Waals surface area contributed by atoms with Gasteiger partial charge in [-0.2, -0.15) is 26.0 Å². The van der Waals surface area contributed by atoms with Gasteiger partial charge in [-0.15, -0.1) is 0 Å². The van der Waals surface area contributed by atoms with Crippen molar-refractivity contribution < 1.29 is 54.7 Å². The molecule has 0 aliphatic heterocycles. The second kappa shape index (κ2) is 10.4. The molecule has 0 saturated carbocycles. The highest BCUT2D eigenvalue weighted by Crippen LogP contribution is 2.39. The monoisotopic (exact) mass is 718 g/mol. The van der Waals surface area contributed by atoms with Crippen LogP contribution in [0.1, 0.15) is 21.5 Å². The van der Waals surface area contributed by atoms with E-state index in [-0.39, 0.29) is 23.5 Å². The van der Waals surface area contributed by atoms with Gasteiger partial charge >= 0.3 is 33.2 Å². The van der Waals surface area contributed by atoms with Crippen molar-refractivity contribution in [3.8, 4) is 5.75 Å². The average molecular weight is 718 g/mol. The first-order valence-corrected chi connectivity index (χ1v) is 12.0. The molecular formula is C18H12F4I2O8S. The number of carbonyl (C=O) groups is 2. The van der Waals surface area contributed by atoms with Crippen molar-refractivity contribution in [2.45, 2.75) is 24.4 Å². The Bertz CT molecular complexity index is 1150. The van der Waals surface area contributed by atoms with Gasteiger partial charge in [-0.1, -0.05) is 12.1 Å². The van der Waals surface area contributed by atoms with Gasteiger partial charge in [0.05, 0.1) is 19.3 Å². The van der Waals surface area contributed by atoms with E-state index in [0.717, 1.165) is 12.1 Å². The number of hydrogen-bond acceptors (Lipinski definition) is 7. The van der Waals surface area contributed by atoms with Crippen LogP contribution in [-0.2, 0) is 32.9 Å². The van der Waals surface area contributed by atoms with Crippen molar-refractivity contribution in [3.63, 3.8) is 0 Å². The second-order valence-corrected chi connectivity index (χ2v) is 10.1. The molecule has 2 aromatic carbocycles. The van der Waals surface area contributed by atoms with Crippen molar-refractivity contribution in [3.05, 3.63) is 60.2 Å². The molecule has 8 nitrogen and oxygen atoms in total. The van der Waals surface area contributed by atoms with Crippen LogP contribution in [0.2, 0.25) is 0 Å². The van der Waals surface area contributed by atoms with E-state index in [9.17, 15) is 40.7 Å². The van der Waals surface area contributed by atoms with Gasteiger partial charge in [-0.3, -0.25) is 4.55 Å². The molecule has 0 aliphatic rings. The Hall–Kier alpha value is -1.57. The minimum atomic E-state index is -6.59. The Balaban J connectivity index is 2.08. The molecule has 0 aromatic heterocycles. The Kier molecular flexibility index (Phi) is 8.69. The smallest absolute Gasteiger partial charge is 0.443 e. The summed E-state index contributed by atoms with van der Waals surface area (Å²) in [7, 11) is -6.59. The Morgan fingerprint density at radius 3 is 1.94 bits per heavy atom. The highest BCUT2D eigenvalue weighted by Gasteiger charge is 2.71. The molecular weight excluding hydrogens is 706 g/mol. The van der Waals surface area contributed by atoms with E-state index in [1.807, 2.05) is 45.2 Å². The fourth-order valence-corrected chi connectivity index (χ4v) is 4.73. The SMILES string of the molecule is O=C(Oc1c(I)cc(CO)cc1I)c1ccc(COC(=O)C(F)(F)C(F)(F)S(=O)(=O)O)cc1.